The van der Waals surface area contributed by atoms with Gasteiger partial charge in [0, 0.05) is 11.8 Å². The molecular formula is C25H22N2O4. The second-order valence-corrected chi connectivity index (χ2v) is 6.85. The van der Waals surface area contributed by atoms with Crippen LogP contribution in [0.3, 0.4) is 0 Å². The van der Waals surface area contributed by atoms with Crippen LogP contribution in [0, 0.1) is 0 Å². The third-order valence-corrected chi connectivity index (χ3v) is 4.89. The number of nitrogens with one attached hydrogen (secondary N) is 1. The first kappa shape index (κ1) is 20.2. The number of amides is 2. The average molecular weight is 414 g/mol. The van der Waals surface area contributed by atoms with Gasteiger partial charge in [-0.15, -0.1) is 0 Å². The van der Waals surface area contributed by atoms with Crippen molar-refractivity contribution >= 4 is 28.8 Å². The summed E-state index contributed by atoms with van der Waals surface area (Å²) in [6.07, 6.45) is 0. The van der Waals surface area contributed by atoms with Crippen LogP contribution in [-0.2, 0) is 9.59 Å². The molecule has 4 rings (SSSR count). The van der Waals surface area contributed by atoms with Crippen LogP contribution in [0.4, 0.5) is 11.4 Å². The molecule has 0 spiro atoms. The van der Waals surface area contributed by atoms with Crippen molar-refractivity contribution in [1.29, 1.82) is 0 Å². The molecule has 0 unspecified atom stereocenters. The van der Waals surface area contributed by atoms with Gasteiger partial charge in [-0.3, -0.25) is 9.59 Å². The quantitative estimate of drug-likeness (QED) is 0.577. The first-order valence-electron chi connectivity index (χ1n) is 9.94. The maximum absolute atomic E-state index is 13.4. The number of imide groups is 1. The molecule has 1 N–H and O–H groups in total. The SMILES string of the molecule is CCOc1ccc(C2=C(Nc3cccc(OC)c3)C(=O)N(c3ccccc3)C2=O)cc1. The van der Waals surface area contributed by atoms with Gasteiger partial charge in [-0.25, -0.2) is 4.90 Å². The highest BCUT2D eigenvalue weighted by Gasteiger charge is 2.40. The van der Waals surface area contributed by atoms with Gasteiger partial charge in [-0.1, -0.05) is 36.4 Å². The zero-order valence-corrected chi connectivity index (χ0v) is 17.3. The Morgan fingerprint density at radius 1 is 0.839 bits per heavy atom. The number of benzene rings is 3. The van der Waals surface area contributed by atoms with Gasteiger partial charge in [0.15, 0.2) is 0 Å². The number of carbonyl (C=O) groups is 2. The van der Waals surface area contributed by atoms with Crippen LogP contribution in [-0.4, -0.2) is 25.5 Å². The van der Waals surface area contributed by atoms with E-state index in [1.165, 1.54) is 4.90 Å². The molecule has 1 aliphatic rings. The van der Waals surface area contributed by atoms with Crippen molar-refractivity contribution in [2.24, 2.45) is 0 Å². The first-order valence-corrected chi connectivity index (χ1v) is 9.94. The molecule has 1 aliphatic heterocycles. The number of methoxy groups -OCH3 is 1. The lowest BCUT2D eigenvalue weighted by Crippen LogP contribution is -2.32. The maximum Gasteiger partial charge on any atom is 0.282 e. The van der Waals surface area contributed by atoms with Crippen molar-refractivity contribution in [3.63, 3.8) is 0 Å². The molecule has 0 aliphatic carbocycles. The number of rotatable bonds is 7. The van der Waals surface area contributed by atoms with E-state index in [-0.39, 0.29) is 11.6 Å². The summed E-state index contributed by atoms with van der Waals surface area (Å²) in [7, 11) is 1.57. The molecule has 0 saturated heterocycles. The molecule has 0 saturated carbocycles. The van der Waals surface area contributed by atoms with Gasteiger partial charge >= 0.3 is 0 Å². The molecule has 0 fully saturated rings. The summed E-state index contributed by atoms with van der Waals surface area (Å²) in [6, 6.07) is 23.3. The van der Waals surface area contributed by atoms with Crippen molar-refractivity contribution < 1.29 is 19.1 Å². The van der Waals surface area contributed by atoms with Gasteiger partial charge in [-0.2, -0.15) is 0 Å². The van der Waals surface area contributed by atoms with Crippen molar-refractivity contribution in [1.82, 2.24) is 0 Å². The number of carbonyl (C=O) groups excluding carboxylic acids is 2. The van der Waals surface area contributed by atoms with Gasteiger partial charge in [0.05, 0.1) is 25.0 Å². The summed E-state index contributed by atoms with van der Waals surface area (Å²) in [5.74, 6) is 0.546. The van der Waals surface area contributed by atoms with E-state index < -0.39 is 5.91 Å². The fourth-order valence-corrected chi connectivity index (χ4v) is 3.45. The lowest BCUT2D eigenvalue weighted by molar-refractivity contribution is -0.120. The van der Waals surface area contributed by atoms with Crippen LogP contribution >= 0.6 is 0 Å². The Bertz CT molecular complexity index is 1140. The summed E-state index contributed by atoms with van der Waals surface area (Å²) in [4.78, 5) is 27.9. The Hall–Kier alpha value is -4.06. The molecule has 0 atom stereocenters. The number of hydrogen-bond donors (Lipinski definition) is 1. The minimum atomic E-state index is -0.414. The lowest BCUT2D eigenvalue weighted by Gasteiger charge is -2.15. The van der Waals surface area contributed by atoms with Crippen molar-refractivity contribution in [3.05, 3.63) is 90.1 Å². The number of anilines is 2. The molecule has 31 heavy (non-hydrogen) atoms. The van der Waals surface area contributed by atoms with Crippen LogP contribution in [0.2, 0.25) is 0 Å². The summed E-state index contributed by atoms with van der Waals surface area (Å²) < 4.78 is 10.8. The molecule has 156 valence electrons. The predicted molar refractivity (Wildman–Crippen MR) is 120 cm³/mol. The Kier molecular flexibility index (Phi) is 5.71. The molecule has 3 aromatic carbocycles. The number of para-hydroxylation sites is 1. The number of hydrogen-bond acceptors (Lipinski definition) is 5. The van der Waals surface area contributed by atoms with Gasteiger partial charge in [0.2, 0.25) is 0 Å². The van der Waals surface area contributed by atoms with Gasteiger partial charge in [0.1, 0.15) is 17.2 Å². The number of ether oxygens (including phenoxy) is 2. The van der Waals surface area contributed by atoms with Crippen LogP contribution in [0.15, 0.2) is 84.6 Å². The molecule has 2 amide bonds. The summed E-state index contributed by atoms with van der Waals surface area (Å²) in [5.41, 5.74) is 2.31. The average Bonchev–Trinajstić information content (AvgIpc) is 3.04. The van der Waals surface area contributed by atoms with Crippen molar-refractivity contribution in [2.45, 2.75) is 6.92 Å². The van der Waals surface area contributed by atoms with E-state index in [4.69, 9.17) is 9.47 Å². The Labute approximate surface area is 180 Å². The topological polar surface area (TPSA) is 67.9 Å². The zero-order chi connectivity index (χ0) is 21.8. The first-order chi connectivity index (χ1) is 15.1. The van der Waals surface area contributed by atoms with Crippen molar-refractivity contribution in [2.75, 3.05) is 23.9 Å². The van der Waals surface area contributed by atoms with Crippen LogP contribution in [0.5, 0.6) is 11.5 Å². The van der Waals surface area contributed by atoms with Crippen LogP contribution in [0.25, 0.3) is 5.57 Å². The Morgan fingerprint density at radius 2 is 1.58 bits per heavy atom. The third-order valence-electron chi connectivity index (χ3n) is 4.89. The second kappa shape index (κ2) is 8.75. The van der Waals surface area contributed by atoms with Gasteiger partial charge in [0.25, 0.3) is 11.8 Å². The summed E-state index contributed by atoms with van der Waals surface area (Å²) >= 11 is 0. The van der Waals surface area contributed by atoms with E-state index in [2.05, 4.69) is 5.32 Å². The van der Waals surface area contributed by atoms with Gasteiger partial charge < -0.3 is 14.8 Å². The molecule has 6 nitrogen and oxygen atoms in total. The third kappa shape index (κ3) is 4.00. The fourth-order valence-electron chi connectivity index (χ4n) is 3.45. The van der Waals surface area contributed by atoms with E-state index in [0.717, 1.165) is 0 Å². The van der Waals surface area contributed by atoms with Crippen LogP contribution < -0.4 is 19.7 Å². The lowest BCUT2D eigenvalue weighted by atomic mass is 10.0. The second-order valence-electron chi connectivity index (χ2n) is 6.85. The van der Waals surface area contributed by atoms with E-state index in [0.29, 0.717) is 40.6 Å². The van der Waals surface area contributed by atoms with Crippen molar-refractivity contribution in [3.8, 4) is 11.5 Å². The minimum Gasteiger partial charge on any atom is -0.497 e. The monoisotopic (exact) mass is 414 g/mol. The Balaban J connectivity index is 1.78. The standard InChI is InChI=1S/C25H22N2O4/c1-3-31-20-14-12-17(13-15-20)22-23(26-18-8-7-11-21(16-18)30-2)25(29)27(24(22)28)19-9-5-4-6-10-19/h4-16,26H,3H2,1-2H3. The molecule has 1 heterocycles. The van der Waals surface area contributed by atoms with E-state index in [1.54, 1.807) is 61.7 Å². The molecule has 6 heteroatoms. The van der Waals surface area contributed by atoms with E-state index >= 15 is 0 Å². The molecule has 0 radical (unpaired) electrons. The predicted octanol–water partition coefficient (Wildman–Crippen LogP) is 4.49. The summed E-state index contributed by atoms with van der Waals surface area (Å²) in [6.45, 7) is 2.45. The van der Waals surface area contributed by atoms with E-state index in [9.17, 15) is 9.59 Å². The van der Waals surface area contributed by atoms with Crippen LogP contribution in [0.1, 0.15) is 12.5 Å². The molecule has 0 bridgehead atoms. The highest BCUT2D eigenvalue weighted by Crippen LogP contribution is 2.34. The normalized spacial score (nSPS) is 13.5. The largest absolute Gasteiger partial charge is 0.497 e. The van der Waals surface area contributed by atoms with Gasteiger partial charge in [-0.05, 0) is 48.9 Å². The molecular weight excluding hydrogens is 392 g/mol. The highest BCUT2D eigenvalue weighted by molar-refractivity contribution is 6.46. The van der Waals surface area contributed by atoms with E-state index in [1.807, 2.05) is 31.2 Å². The molecule has 3 aromatic rings. The zero-order valence-electron chi connectivity index (χ0n) is 17.3. The highest BCUT2D eigenvalue weighted by atomic mass is 16.5. The smallest absolute Gasteiger partial charge is 0.282 e. The summed E-state index contributed by atoms with van der Waals surface area (Å²) in [5, 5.41) is 3.14. The minimum absolute atomic E-state index is 0.214. The molecule has 0 aromatic heterocycles. The maximum atomic E-state index is 13.4. The number of nitrogens with zero attached hydrogens (tertiary/aromatic N) is 1. The Morgan fingerprint density at radius 3 is 2.26 bits per heavy atom. The fraction of sp³-hybridized carbons (Fsp3) is 0.120.